The summed E-state index contributed by atoms with van der Waals surface area (Å²) < 4.78 is 32.0. The Labute approximate surface area is 118 Å². The lowest BCUT2D eigenvalue weighted by atomic mass is 10.0. The fourth-order valence-electron chi connectivity index (χ4n) is 2.65. The highest BCUT2D eigenvalue weighted by Gasteiger charge is 2.21. The van der Waals surface area contributed by atoms with E-state index in [9.17, 15) is 13.9 Å². The van der Waals surface area contributed by atoms with Gasteiger partial charge in [0.1, 0.15) is 0 Å². The minimum absolute atomic E-state index is 0.0327. The van der Waals surface area contributed by atoms with Crippen molar-refractivity contribution in [1.82, 2.24) is 4.90 Å². The van der Waals surface area contributed by atoms with E-state index in [0.717, 1.165) is 32.0 Å². The highest BCUT2D eigenvalue weighted by Crippen LogP contribution is 2.23. The molecular formula is C15H21F2NO2. The SMILES string of the molecule is COC1CCCN(CCC(O)c2cccc(F)c2F)C1. The lowest BCUT2D eigenvalue weighted by molar-refractivity contribution is 0.0253. The Hall–Kier alpha value is -1.04. The molecule has 0 bridgehead atoms. The van der Waals surface area contributed by atoms with Crippen molar-refractivity contribution in [2.24, 2.45) is 0 Å². The molecule has 1 aromatic rings. The van der Waals surface area contributed by atoms with Gasteiger partial charge in [-0.05, 0) is 31.9 Å². The van der Waals surface area contributed by atoms with Gasteiger partial charge in [-0.3, -0.25) is 0 Å². The molecule has 2 rings (SSSR count). The molecule has 3 nitrogen and oxygen atoms in total. The highest BCUT2D eigenvalue weighted by atomic mass is 19.2. The van der Waals surface area contributed by atoms with E-state index >= 15 is 0 Å². The van der Waals surface area contributed by atoms with Crippen LogP contribution in [0.5, 0.6) is 0 Å². The maximum atomic E-state index is 13.6. The molecule has 0 amide bonds. The topological polar surface area (TPSA) is 32.7 Å². The molecule has 1 aliphatic rings. The van der Waals surface area contributed by atoms with Crippen LogP contribution in [0, 0.1) is 11.6 Å². The molecule has 1 fully saturated rings. The van der Waals surface area contributed by atoms with Crippen LogP contribution in [0.25, 0.3) is 0 Å². The van der Waals surface area contributed by atoms with Crippen molar-refractivity contribution >= 4 is 0 Å². The molecular weight excluding hydrogens is 264 g/mol. The van der Waals surface area contributed by atoms with E-state index in [1.807, 2.05) is 0 Å². The number of methoxy groups -OCH3 is 1. The van der Waals surface area contributed by atoms with Crippen LogP contribution in [0.4, 0.5) is 8.78 Å². The molecule has 0 radical (unpaired) electrons. The molecule has 2 atom stereocenters. The average Bonchev–Trinajstić information content (AvgIpc) is 2.48. The number of nitrogens with zero attached hydrogens (tertiary/aromatic N) is 1. The summed E-state index contributed by atoms with van der Waals surface area (Å²) in [5, 5.41) is 10.0. The van der Waals surface area contributed by atoms with Crippen molar-refractivity contribution in [2.75, 3.05) is 26.7 Å². The van der Waals surface area contributed by atoms with Gasteiger partial charge in [0.25, 0.3) is 0 Å². The van der Waals surface area contributed by atoms with E-state index < -0.39 is 17.7 Å². The Balaban J connectivity index is 1.88. The second-order valence-corrected chi connectivity index (χ2v) is 5.25. The lowest BCUT2D eigenvalue weighted by Gasteiger charge is -2.32. The quantitative estimate of drug-likeness (QED) is 0.902. The first-order chi connectivity index (χ1) is 9.61. The molecule has 1 aromatic carbocycles. The van der Waals surface area contributed by atoms with Gasteiger partial charge in [0.05, 0.1) is 12.2 Å². The zero-order valence-corrected chi connectivity index (χ0v) is 11.7. The number of benzene rings is 1. The van der Waals surface area contributed by atoms with E-state index in [1.165, 1.54) is 12.1 Å². The Morgan fingerprint density at radius 1 is 1.45 bits per heavy atom. The van der Waals surface area contributed by atoms with Crippen molar-refractivity contribution < 1.29 is 18.6 Å². The van der Waals surface area contributed by atoms with Crippen LogP contribution in [-0.2, 0) is 4.74 Å². The van der Waals surface area contributed by atoms with Gasteiger partial charge in [-0.1, -0.05) is 12.1 Å². The van der Waals surface area contributed by atoms with Crippen LogP contribution in [0.15, 0.2) is 18.2 Å². The van der Waals surface area contributed by atoms with Crippen LogP contribution in [-0.4, -0.2) is 42.9 Å². The fraction of sp³-hybridized carbons (Fsp3) is 0.600. The summed E-state index contributed by atoms with van der Waals surface area (Å²) in [5.41, 5.74) is 0.0327. The zero-order valence-electron chi connectivity index (χ0n) is 11.7. The molecule has 1 N–H and O–H groups in total. The minimum atomic E-state index is -0.978. The number of likely N-dealkylation sites (tertiary alicyclic amines) is 1. The molecule has 1 heterocycles. The molecule has 0 aliphatic carbocycles. The van der Waals surface area contributed by atoms with E-state index in [-0.39, 0.29) is 11.7 Å². The molecule has 0 aromatic heterocycles. The van der Waals surface area contributed by atoms with Gasteiger partial charge >= 0.3 is 0 Å². The number of aliphatic hydroxyl groups excluding tert-OH is 1. The molecule has 0 spiro atoms. The van der Waals surface area contributed by atoms with Crippen LogP contribution in [0.3, 0.4) is 0 Å². The van der Waals surface area contributed by atoms with E-state index in [1.54, 1.807) is 7.11 Å². The van der Waals surface area contributed by atoms with Gasteiger partial charge in [-0.15, -0.1) is 0 Å². The number of piperidine rings is 1. The summed E-state index contributed by atoms with van der Waals surface area (Å²) in [4.78, 5) is 2.19. The third kappa shape index (κ3) is 3.75. The number of hydrogen-bond acceptors (Lipinski definition) is 3. The van der Waals surface area contributed by atoms with E-state index in [4.69, 9.17) is 4.74 Å². The normalized spacial score (nSPS) is 21.9. The van der Waals surface area contributed by atoms with Gasteiger partial charge < -0.3 is 14.7 Å². The number of halogens is 2. The van der Waals surface area contributed by atoms with E-state index in [0.29, 0.717) is 13.0 Å². The van der Waals surface area contributed by atoms with Crippen molar-refractivity contribution in [3.05, 3.63) is 35.4 Å². The molecule has 1 saturated heterocycles. The van der Waals surface area contributed by atoms with E-state index in [2.05, 4.69) is 4.90 Å². The summed E-state index contributed by atoms with van der Waals surface area (Å²) in [6, 6.07) is 3.90. The second kappa shape index (κ2) is 7.11. The highest BCUT2D eigenvalue weighted by molar-refractivity contribution is 5.21. The van der Waals surface area contributed by atoms with Crippen LogP contribution in [0.1, 0.15) is 30.9 Å². The van der Waals surface area contributed by atoms with Gasteiger partial charge in [0.15, 0.2) is 11.6 Å². The summed E-state index contributed by atoms with van der Waals surface area (Å²) in [6.07, 6.45) is 1.74. The third-order valence-corrected chi connectivity index (χ3v) is 3.85. The molecule has 20 heavy (non-hydrogen) atoms. The summed E-state index contributed by atoms with van der Waals surface area (Å²) in [6.45, 7) is 2.43. The second-order valence-electron chi connectivity index (χ2n) is 5.25. The van der Waals surface area contributed by atoms with Gasteiger partial charge in [0.2, 0.25) is 0 Å². The minimum Gasteiger partial charge on any atom is -0.388 e. The maximum absolute atomic E-state index is 13.6. The Morgan fingerprint density at radius 3 is 3.00 bits per heavy atom. The van der Waals surface area contributed by atoms with Crippen molar-refractivity contribution in [1.29, 1.82) is 0 Å². The van der Waals surface area contributed by atoms with Crippen LogP contribution in [0.2, 0.25) is 0 Å². The number of hydrogen-bond donors (Lipinski definition) is 1. The molecule has 2 unspecified atom stereocenters. The van der Waals surface area contributed by atoms with Crippen LogP contribution >= 0.6 is 0 Å². The monoisotopic (exact) mass is 285 g/mol. The zero-order chi connectivity index (χ0) is 14.5. The number of rotatable bonds is 5. The largest absolute Gasteiger partial charge is 0.388 e. The first-order valence-electron chi connectivity index (χ1n) is 6.99. The molecule has 1 aliphatic heterocycles. The summed E-state index contributed by atoms with van der Waals surface area (Å²) in [5.74, 6) is -1.87. The first kappa shape index (κ1) is 15.4. The Kier molecular flexibility index (Phi) is 5.46. The number of aliphatic hydroxyl groups is 1. The smallest absolute Gasteiger partial charge is 0.164 e. The van der Waals surface area contributed by atoms with Crippen LogP contribution < -0.4 is 0 Å². The van der Waals surface area contributed by atoms with Gasteiger partial charge in [0, 0.05) is 25.8 Å². The van der Waals surface area contributed by atoms with Crippen molar-refractivity contribution in [3.63, 3.8) is 0 Å². The summed E-state index contributed by atoms with van der Waals surface area (Å²) in [7, 11) is 1.70. The predicted octanol–water partition coefficient (Wildman–Crippen LogP) is 2.50. The van der Waals surface area contributed by atoms with Crippen molar-refractivity contribution in [2.45, 2.75) is 31.5 Å². The summed E-state index contributed by atoms with van der Waals surface area (Å²) >= 11 is 0. The molecule has 0 saturated carbocycles. The average molecular weight is 285 g/mol. The standard InChI is InChI=1S/C15H21F2NO2/c1-20-11-4-3-8-18(10-11)9-7-14(19)12-5-2-6-13(16)15(12)17/h2,5-6,11,14,19H,3-4,7-10H2,1H3. The Morgan fingerprint density at radius 2 is 2.25 bits per heavy atom. The van der Waals surface area contributed by atoms with Crippen molar-refractivity contribution in [3.8, 4) is 0 Å². The Bertz CT molecular complexity index is 442. The first-order valence-corrected chi connectivity index (χ1v) is 6.99. The van der Waals surface area contributed by atoms with Gasteiger partial charge in [-0.25, -0.2) is 8.78 Å². The predicted molar refractivity (Wildman–Crippen MR) is 72.4 cm³/mol. The molecule has 5 heteroatoms. The maximum Gasteiger partial charge on any atom is 0.164 e. The molecule has 112 valence electrons. The lowest BCUT2D eigenvalue weighted by Crippen LogP contribution is -2.40. The number of ether oxygens (including phenoxy) is 1. The fourth-order valence-corrected chi connectivity index (χ4v) is 2.65. The third-order valence-electron chi connectivity index (χ3n) is 3.85. The van der Waals surface area contributed by atoms with Gasteiger partial charge in [-0.2, -0.15) is 0 Å².